The van der Waals surface area contributed by atoms with Crippen LogP contribution in [0.15, 0.2) is 18.3 Å². The molecule has 0 fully saturated rings. The highest BCUT2D eigenvalue weighted by Crippen LogP contribution is 2.13. The van der Waals surface area contributed by atoms with Crippen molar-refractivity contribution in [1.82, 2.24) is 4.98 Å². The van der Waals surface area contributed by atoms with E-state index in [1.807, 2.05) is 19.1 Å². The van der Waals surface area contributed by atoms with Crippen LogP contribution in [0.25, 0.3) is 0 Å². The van der Waals surface area contributed by atoms with Crippen LogP contribution in [0, 0.1) is 6.92 Å². The molecule has 3 nitrogen and oxygen atoms in total. The van der Waals surface area contributed by atoms with Gasteiger partial charge in [0.15, 0.2) is 0 Å². The van der Waals surface area contributed by atoms with E-state index in [1.54, 1.807) is 13.3 Å². The van der Waals surface area contributed by atoms with Gasteiger partial charge >= 0.3 is 0 Å². The van der Waals surface area contributed by atoms with Crippen LogP contribution in [-0.2, 0) is 4.74 Å². The van der Waals surface area contributed by atoms with E-state index in [-0.39, 0.29) is 6.61 Å². The number of aromatic nitrogens is 1. The normalized spacial score (nSPS) is 12.9. The molecule has 1 atom stereocenters. The number of ether oxygens (including phenoxy) is 1. The van der Waals surface area contributed by atoms with Gasteiger partial charge in [-0.1, -0.05) is 6.07 Å². The highest BCUT2D eigenvalue weighted by Gasteiger charge is 2.09. The summed E-state index contributed by atoms with van der Waals surface area (Å²) in [6.45, 7) is 2.21. The molecular weight excluding hydrogens is 154 g/mol. The Morgan fingerprint density at radius 1 is 1.67 bits per heavy atom. The second kappa shape index (κ2) is 4.18. The lowest BCUT2D eigenvalue weighted by atomic mass is 10.1. The summed E-state index contributed by atoms with van der Waals surface area (Å²) in [5.41, 5.74) is 1.68. The molecule has 0 amide bonds. The maximum Gasteiger partial charge on any atom is 0.119 e. The minimum Gasteiger partial charge on any atom is -0.384 e. The topological polar surface area (TPSA) is 42.4 Å². The van der Waals surface area contributed by atoms with Crippen LogP contribution in [0.4, 0.5) is 0 Å². The lowest BCUT2D eigenvalue weighted by Crippen LogP contribution is -2.08. The number of nitrogens with zero attached hydrogens (tertiary/aromatic N) is 1. The van der Waals surface area contributed by atoms with Gasteiger partial charge in [0.2, 0.25) is 0 Å². The molecule has 3 heteroatoms. The third-order valence-electron chi connectivity index (χ3n) is 1.69. The largest absolute Gasteiger partial charge is 0.384 e. The number of aliphatic hydroxyl groups excluding tert-OH is 1. The standard InChI is InChI=1S/C9H13NO2/c1-7-4-3-5-10-9(7)8(11)6-12-2/h3-5,8,11H,6H2,1-2H3. The van der Waals surface area contributed by atoms with E-state index in [9.17, 15) is 5.11 Å². The van der Waals surface area contributed by atoms with Crippen LogP contribution in [-0.4, -0.2) is 23.8 Å². The Morgan fingerprint density at radius 2 is 2.42 bits per heavy atom. The van der Waals surface area contributed by atoms with Crippen molar-refractivity contribution in [3.63, 3.8) is 0 Å². The number of aryl methyl sites for hydroxylation is 1. The van der Waals surface area contributed by atoms with Crippen LogP contribution >= 0.6 is 0 Å². The molecule has 1 rings (SSSR count). The number of pyridine rings is 1. The van der Waals surface area contributed by atoms with E-state index in [4.69, 9.17) is 4.74 Å². The van der Waals surface area contributed by atoms with Crippen molar-refractivity contribution in [2.75, 3.05) is 13.7 Å². The number of hydrogen-bond acceptors (Lipinski definition) is 3. The van der Waals surface area contributed by atoms with Crippen LogP contribution in [0.1, 0.15) is 17.4 Å². The van der Waals surface area contributed by atoms with Gasteiger partial charge in [-0.05, 0) is 18.6 Å². The van der Waals surface area contributed by atoms with E-state index >= 15 is 0 Å². The van der Waals surface area contributed by atoms with Gasteiger partial charge in [-0.15, -0.1) is 0 Å². The summed E-state index contributed by atoms with van der Waals surface area (Å²) >= 11 is 0. The summed E-state index contributed by atoms with van der Waals surface area (Å²) in [4.78, 5) is 4.07. The number of aliphatic hydroxyl groups is 1. The zero-order valence-electron chi connectivity index (χ0n) is 7.32. The molecule has 1 unspecified atom stereocenters. The average molecular weight is 167 g/mol. The Morgan fingerprint density at radius 3 is 3.00 bits per heavy atom. The summed E-state index contributed by atoms with van der Waals surface area (Å²) in [6.07, 6.45) is 1.05. The number of rotatable bonds is 3. The van der Waals surface area contributed by atoms with E-state index in [0.29, 0.717) is 5.69 Å². The molecule has 1 aromatic rings. The maximum atomic E-state index is 9.51. The Hall–Kier alpha value is -0.930. The van der Waals surface area contributed by atoms with Crippen LogP contribution in [0.5, 0.6) is 0 Å². The third kappa shape index (κ3) is 2.03. The Bertz CT molecular complexity index is 250. The zero-order chi connectivity index (χ0) is 8.97. The Kier molecular flexibility index (Phi) is 3.19. The van der Waals surface area contributed by atoms with Crippen molar-refractivity contribution in [3.05, 3.63) is 29.6 Å². The summed E-state index contributed by atoms with van der Waals surface area (Å²) in [7, 11) is 1.56. The van der Waals surface area contributed by atoms with Crippen molar-refractivity contribution in [2.45, 2.75) is 13.0 Å². The van der Waals surface area contributed by atoms with Gasteiger partial charge in [-0.3, -0.25) is 4.98 Å². The molecule has 0 bridgehead atoms. The molecule has 66 valence electrons. The van der Waals surface area contributed by atoms with E-state index in [1.165, 1.54) is 0 Å². The smallest absolute Gasteiger partial charge is 0.119 e. The fourth-order valence-corrected chi connectivity index (χ4v) is 1.08. The van der Waals surface area contributed by atoms with Gasteiger partial charge in [-0.25, -0.2) is 0 Å². The molecular formula is C9H13NO2. The average Bonchev–Trinajstić information content (AvgIpc) is 2.05. The predicted molar refractivity (Wildman–Crippen MR) is 45.8 cm³/mol. The SMILES string of the molecule is COCC(O)c1ncccc1C. The van der Waals surface area contributed by atoms with Crippen molar-refractivity contribution in [3.8, 4) is 0 Å². The van der Waals surface area contributed by atoms with Crippen molar-refractivity contribution in [2.24, 2.45) is 0 Å². The molecule has 0 aliphatic heterocycles. The van der Waals surface area contributed by atoms with E-state index in [2.05, 4.69) is 4.98 Å². The molecule has 0 radical (unpaired) electrons. The molecule has 1 heterocycles. The maximum absolute atomic E-state index is 9.51. The van der Waals surface area contributed by atoms with Gasteiger partial charge < -0.3 is 9.84 Å². The highest BCUT2D eigenvalue weighted by molar-refractivity contribution is 5.19. The van der Waals surface area contributed by atoms with Crippen LogP contribution < -0.4 is 0 Å². The van der Waals surface area contributed by atoms with Crippen molar-refractivity contribution >= 4 is 0 Å². The fraction of sp³-hybridized carbons (Fsp3) is 0.444. The first kappa shape index (κ1) is 9.16. The minimum absolute atomic E-state index is 0.290. The number of hydrogen-bond donors (Lipinski definition) is 1. The van der Waals surface area contributed by atoms with Gasteiger partial charge in [0, 0.05) is 13.3 Å². The molecule has 1 aromatic heterocycles. The summed E-state index contributed by atoms with van der Waals surface area (Å²) in [6, 6.07) is 3.76. The van der Waals surface area contributed by atoms with Gasteiger partial charge in [0.25, 0.3) is 0 Å². The number of methoxy groups -OCH3 is 1. The molecule has 12 heavy (non-hydrogen) atoms. The van der Waals surface area contributed by atoms with Crippen molar-refractivity contribution in [1.29, 1.82) is 0 Å². The van der Waals surface area contributed by atoms with Crippen LogP contribution in [0.2, 0.25) is 0 Å². The second-order valence-corrected chi connectivity index (χ2v) is 2.68. The van der Waals surface area contributed by atoms with Gasteiger partial charge in [0.05, 0.1) is 12.3 Å². The molecule has 0 aliphatic carbocycles. The van der Waals surface area contributed by atoms with Crippen molar-refractivity contribution < 1.29 is 9.84 Å². The first-order chi connectivity index (χ1) is 5.75. The second-order valence-electron chi connectivity index (χ2n) is 2.68. The Labute approximate surface area is 72.0 Å². The monoisotopic (exact) mass is 167 g/mol. The lowest BCUT2D eigenvalue weighted by molar-refractivity contribution is 0.0613. The molecule has 1 N–H and O–H groups in total. The molecule has 0 saturated heterocycles. The van der Waals surface area contributed by atoms with E-state index < -0.39 is 6.10 Å². The summed E-state index contributed by atoms with van der Waals surface area (Å²) in [5, 5.41) is 9.51. The first-order valence-corrected chi connectivity index (χ1v) is 3.84. The quantitative estimate of drug-likeness (QED) is 0.732. The van der Waals surface area contributed by atoms with Gasteiger partial charge in [-0.2, -0.15) is 0 Å². The summed E-state index contributed by atoms with van der Waals surface area (Å²) < 4.78 is 4.82. The first-order valence-electron chi connectivity index (χ1n) is 3.84. The predicted octanol–water partition coefficient (Wildman–Crippen LogP) is 1.07. The molecule has 0 aliphatic rings. The Balaban J connectivity index is 2.79. The summed E-state index contributed by atoms with van der Waals surface area (Å²) in [5.74, 6) is 0. The lowest BCUT2D eigenvalue weighted by Gasteiger charge is -2.10. The highest BCUT2D eigenvalue weighted by atomic mass is 16.5. The molecule has 0 aromatic carbocycles. The molecule has 0 saturated carbocycles. The minimum atomic E-state index is -0.615. The van der Waals surface area contributed by atoms with E-state index in [0.717, 1.165) is 5.56 Å². The van der Waals surface area contributed by atoms with Crippen LogP contribution in [0.3, 0.4) is 0 Å². The fourth-order valence-electron chi connectivity index (χ4n) is 1.08. The van der Waals surface area contributed by atoms with Gasteiger partial charge in [0.1, 0.15) is 6.10 Å². The molecule has 0 spiro atoms. The zero-order valence-corrected chi connectivity index (χ0v) is 7.32. The third-order valence-corrected chi connectivity index (χ3v) is 1.69.